The Morgan fingerprint density at radius 1 is 0.235 bits per heavy atom. The van der Waals surface area contributed by atoms with Crippen LogP contribution in [-0.4, -0.2) is 52.9 Å². The Balaban J connectivity index is -0.0000000240. The molecule has 0 aliphatic heterocycles. The normalized spacial score (nSPS) is 7.06. The molecule has 0 rings (SSSR count). The maximum Gasteiger partial charge on any atom is 4.00 e. The minimum Gasteiger partial charge on any atom is -0.854 e. The molecule has 208 valence electrons. The van der Waals surface area contributed by atoms with Gasteiger partial charge >= 0.3 is 43.4 Å². The first-order valence-corrected chi connectivity index (χ1v) is 12.0. The predicted molar refractivity (Wildman–Crippen MR) is 121 cm³/mol. The number of hydrogen-bond donors (Lipinski definition) is 0. The summed E-state index contributed by atoms with van der Waals surface area (Å²) in [6.45, 7) is 15.5. The van der Waals surface area contributed by atoms with Crippen molar-refractivity contribution in [1.29, 1.82) is 0 Å². The van der Waals surface area contributed by atoms with Crippen LogP contribution in [0.3, 0.4) is 0 Å². The largest absolute Gasteiger partial charge is 4.00 e. The Labute approximate surface area is 243 Å². The van der Waals surface area contributed by atoms with Crippen molar-refractivity contribution in [2.24, 2.45) is 0 Å². The second-order valence-electron chi connectivity index (χ2n) is 5.63. The van der Waals surface area contributed by atoms with Gasteiger partial charge in [-0.15, -0.1) is 52.9 Å². The molecule has 0 aliphatic carbocycles. The molecule has 0 bridgehead atoms. The van der Waals surface area contributed by atoms with Gasteiger partial charge in [0.1, 0.15) is 0 Å². The summed E-state index contributed by atoms with van der Waals surface area (Å²) >= 11 is 0. The summed E-state index contributed by atoms with van der Waals surface area (Å²) < 4.78 is 0. The van der Waals surface area contributed by atoms with Crippen LogP contribution in [0.2, 0.25) is 0 Å². The SMILES string of the molecule is CCC[O-].CCC[O-].CCC[O-].CCC[O-].CCC[O-].CCC[O-].CCC[O-].CCC[O-].[Ti+4].[Ti+4]. The van der Waals surface area contributed by atoms with Crippen LogP contribution in [0, 0.1) is 0 Å². The van der Waals surface area contributed by atoms with Gasteiger partial charge < -0.3 is 40.9 Å². The van der Waals surface area contributed by atoms with Crippen LogP contribution in [0.25, 0.3) is 0 Å². The van der Waals surface area contributed by atoms with E-state index >= 15 is 0 Å². The summed E-state index contributed by atoms with van der Waals surface area (Å²) in [6, 6.07) is 0. The molecule has 8 nitrogen and oxygen atoms in total. The molecule has 0 saturated carbocycles. The minimum atomic E-state index is 0. The average Bonchev–Trinajstić information content (AvgIpc) is 2.89. The molecule has 0 radical (unpaired) electrons. The van der Waals surface area contributed by atoms with Crippen LogP contribution in [0.15, 0.2) is 0 Å². The molecule has 10 heteroatoms. The standard InChI is InChI=1S/8C3H7O.2Ti/c8*1-2-3-4;;/h8*2-3H2,1H3;;/q8*-1;2*+4. The molecule has 0 amide bonds. The molecule has 0 atom stereocenters. The average molecular weight is 568 g/mol. The van der Waals surface area contributed by atoms with Crippen molar-refractivity contribution in [2.45, 2.75) is 107 Å². The van der Waals surface area contributed by atoms with Gasteiger partial charge in [-0.05, 0) is 0 Å². The van der Waals surface area contributed by atoms with Crippen molar-refractivity contribution in [3.8, 4) is 0 Å². The van der Waals surface area contributed by atoms with Gasteiger partial charge in [-0.1, -0.05) is 107 Å². The summed E-state index contributed by atoms with van der Waals surface area (Å²) in [5.74, 6) is 0. The van der Waals surface area contributed by atoms with Crippen LogP contribution < -0.4 is 40.9 Å². The number of hydrogen-bond acceptors (Lipinski definition) is 8. The van der Waals surface area contributed by atoms with Crippen molar-refractivity contribution in [2.75, 3.05) is 52.9 Å². The molecule has 34 heavy (non-hydrogen) atoms. The van der Waals surface area contributed by atoms with Crippen LogP contribution in [0.5, 0.6) is 0 Å². The van der Waals surface area contributed by atoms with Crippen LogP contribution in [0.1, 0.15) is 107 Å². The van der Waals surface area contributed by atoms with Crippen molar-refractivity contribution in [3.05, 3.63) is 0 Å². The van der Waals surface area contributed by atoms with E-state index in [1.165, 1.54) is 0 Å². The van der Waals surface area contributed by atoms with Crippen molar-refractivity contribution in [1.82, 2.24) is 0 Å². The van der Waals surface area contributed by atoms with E-state index < -0.39 is 0 Å². The minimum absolute atomic E-state index is 0. The topological polar surface area (TPSA) is 184 Å². The monoisotopic (exact) mass is 568 g/mol. The van der Waals surface area contributed by atoms with Gasteiger partial charge in [0.25, 0.3) is 0 Å². The fourth-order valence-corrected chi connectivity index (χ4v) is 0. The fraction of sp³-hybridized carbons (Fsp3) is 1.00. The van der Waals surface area contributed by atoms with Crippen molar-refractivity contribution in [3.63, 3.8) is 0 Å². The van der Waals surface area contributed by atoms with Crippen molar-refractivity contribution < 1.29 is 84.3 Å². The van der Waals surface area contributed by atoms with E-state index in [0.29, 0.717) is 0 Å². The smallest absolute Gasteiger partial charge is 0.854 e. The summed E-state index contributed by atoms with van der Waals surface area (Å²) in [7, 11) is 0. The molecular weight excluding hydrogens is 512 g/mol. The zero-order valence-corrected chi connectivity index (χ0v) is 26.7. The summed E-state index contributed by atoms with van der Waals surface area (Å²) in [5, 5.41) is 74.4. The molecule has 0 heterocycles. The van der Waals surface area contributed by atoms with Gasteiger partial charge in [0.2, 0.25) is 0 Å². The number of rotatable bonds is 8. The molecule has 0 aromatic carbocycles. The molecule has 0 saturated heterocycles. The van der Waals surface area contributed by atoms with Crippen LogP contribution >= 0.6 is 0 Å². The summed E-state index contributed by atoms with van der Waals surface area (Å²) in [5.41, 5.74) is 0. The zero-order valence-electron chi connectivity index (χ0n) is 23.6. The van der Waals surface area contributed by atoms with E-state index in [-0.39, 0.29) is 96.3 Å². The molecule has 0 spiro atoms. The fourth-order valence-electron chi connectivity index (χ4n) is 0. The molecule has 0 aromatic heterocycles. The second-order valence-corrected chi connectivity index (χ2v) is 5.63. The zero-order chi connectivity index (χ0) is 27.3. The van der Waals surface area contributed by atoms with Crippen LogP contribution in [0.4, 0.5) is 0 Å². The van der Waals surface area contributed by atoms with Gasteiger partial charge in [-0.2, -0.15) is 0 Å². The Bertz CT molecular complexity index is 101. The molecule has 0 unspecified atom stereocenters. The molecule has 0 aromatic rings. The third-order valence-corrected chi connectivity index (χ3v) is 1.63. The maximum atomic E-state index is 9.30. The third kappa shape index (κ3) is 411. The van der Waals surface area contributed by atoms with E-state index in [0.717, 1.165) is 51.4 Å². The molecule has 0 fully saturated rings. The van der Waals surface area contributed by atoms with E-state index in [9.17, 15) is 40.9 Å². The van der Waals surface area contributed by atoms with Gasteiger partial charge in [-0.25, -0.2) is 0 Å². The Kier molecular flexibility index (Phi) is 243. The van der Waals surface area contributed by atoms with Crippen molar-refractivity contribution >= 4 is 0 Å². The first kappa shape index (κ1) is 64.8. The van der Waals surface area contributed by atoms with Gasteiger partial charge in [0, 0.05) is 0 Å². The first-order chi connectivity index (χ1) is 15.3. The van der Waals surface area contributed by atoms with Gasteiger partial charge in [-0.3, -0.25) is 0 Å². The van der Waals surface area contributed by atoms with Crippen LogP contribution in [-0.2, 0) is 43.4 Å². The molecule has 0 N–H and O–H groups in total. The Morgan fingerprint density at radius 2 is 0.265 bits per heavy atom. The molecular formula is C24H56O8Ti2. The first-order valence-electron chi connectivity index (χ1n) is 12.0. The van der Waals surface area contributed by atoms with E-state index in [2.05, 4.69) is 0 Å². The summed E-state index contributed by atoms with van der Waals surface area (Å²) in [4.78, 5) is 0. The maximum absolute atomic E-state index is 9.30. The van der Waals surface area contributed by atoms with E-state index in [1.807, 2.05) is 55.4 Å². The molecule has 0 aliphatic rings. The summed E-state index contributed by atoms with van der Waals surface area (Å²) in [6.07, 6.45) is 6.11. The Hall–Kier alpha value is 1.11. The van der Waals surface area contributed by atoms with E-state index in [4.69, 9.17) is 0 Å². The van der Waals surface area contributed by atoms with Gasteiger partial charge in [0.05, 0.1) is 0 Å². The van der Waals surface area contributed by atoms with E-state index in [1.54, 1.807) is 0 Å². The van der Waals surface area contributed by atoms with Gasteiger partial charge in [0.15, 0.2) is 0 Å². The third-order valence-electron chi connectivity index (χ3n) is 1.63. The predicted octanol–water partition coefficient (Wildman–Crippen LogP) is -1.95. The Morgan fingerprint density at radius 3 is 0.265 bits per heavy atom. The quantitative estimate of drug-likeness (QED) is 0.303. The second kappa shape index (κ2) is 128.